The Morgan fingerprint density at radius 3 is 2.72 bits per heavy atom. The van der Waals surface area contributed by atoms with E-state index in [-0.39, 0.29) is 0 Å². The zero-order chi connectivity index (χ0) is 13.1. The highest BCUT2D eigenvalue weighted by Gasteiger charge is 2.25. The van der Waals surface area contributed by atoms with Gasteiger partial charge in [0.2, 0.25) is 0 Å². The van der Waals surface area contributed by atoms with E-state index >= 15 is 0 Å². The Morgan fingerprint density at radius 2 is 2.22 bits per heavy atom. The molecular weight excluding hydrogens is 274 g/mol. The molecule has 1 saturated heterocycles. The molecule has 1 aliphatic rings. The van der Waals surface area contributed by atoms with E-state index in [1.165, 1.54) is 11.3 Å². The SMILES string of the molecule is CC(C(=O)O)N1CCN(Cc2ncc(Cl)s2)CC1. The molecule has 7 heteroatoms. The smallest absolute Gasteiger partial charge is 0.320 e. The molecule has 0 radical (unpaired) electrons. The molecule has 1 N–H and O–H groups in total. The predicted octanol–water partition coefficient (Wildman–Crippen LogP) is 1.39. The summed E-state index contributed by atoms with van der Waals surface area (Å²) in [6.07, 6.45) is 1.67. The Balaban J connectivity index is 1.81. The van der Waals surface area contributed by atoms with Crippen LogP contribution in [-0.2, 0) is 11.3 Å². The van der Waals surface area contributed by atoms with Gasteiger partial charge in [0.05, 0.1) is 12.7 Å². The second-order valence-corrected chi connectivity index (χ2v) is 6.13. The van der Waals surface area contributed by atoms with Crippen molar-refractivity contribution in [3.63, 3.8) is 0 Å². The minimum absolute atomic E-state index is 0.401. The van der Waals surface area contributed by atoms with E-state index in [4.69, 9.17) is 16.7 Å². The number of nitrogens with zero attached hydrogens (tertiary/aromatic N) is 3. The highest BCUT2D eigenvalue weighted by Crippen LogP contribution is 2.20. The number of thiazole rings is 1. The topological polar surface area (TPSA) is 56.7 Å². The van der Waals surface area contributed by atoms with Crippen LogP contribution in [0.3, 0.4) is 0 Å². The summed E-state index contributed by atoms with van der Waals surface area (Å²) in [5.74, 6) is -0.754. The van der Waals surface area contributed by atoms with Gasteiger partial charge in [0.1, 0.15) is 15.4 Å². The zero-order valence-electron chi connectivity index (χ0n) is 10.2. The van der Waals surface area contributed by atoms with Crippen LogP contribution >= 0.6 is 22.9 Å². The molecule has 2 heterocycles. The lowest BCUT2D eigenvalue weighted by atomic mass is 10.2. The van der Waals surface area contributed by atoms with Crippen molar-refractivity contribution >= 4 is 28.9 Å². The van der Waals surface area contributed by atoms with E-state index in [2.05, 4.69) is 9.88 Å². The zero-order valence-corrected chi connectivity index (χ0v) is 11.7. The van der Waals surface area contributed by atoms with Gasteiger partial charge in [-0.05, 0) is 6.92 Å². The third-order valence-electron chi connectivity index (χ3n) is 3.20. The van der Waals surface area contributed by atoms with Crippen molar-refractivity contribution in [2.75, 3.05) is 26.2 Å². The summed E-state index contributed by atoms with van der Waals surface area (Å²) in [7, 11) is 0. The minimum atomic E-state index is -0.754. The average molecular weight is 290 g/mol. The molecule has 0 aliphatic carbocycles. The van der Waals surface area contributed by atoms with Crippen molar-refractivity contribution in [1.29, 1.82) is 0 Å². The Hall–Kier alpha value is -0.690. The number of rotatable bonds is 4. The highest BCUT2D eigenvalue weighted by molar-refractivity contribution is 7.15. The van der Waals surface area contributed by atoms with Crippen molar-refractivity contribution < 1.29 is 9.90 Å². The molecule has 0 amide bonds. The third-order valence-corrected chi connectivity index (χ3v) is 4.30. The standard InChI is InChI=1S/C11H16ClN3O2S/c1-8(11(16)17)15-4-2-14(3-5-15)7-10-13-6-9(12)18-10/h6,8H,2-5,7H2,1H3,(H,16,17). The van der Waals surface area contributed by atoms with E-state index in [9.17, 15) is 4.79 Å². The highest BCUT2D eigenvalue weighted by atomic mass is 35.5. The molecule has 1 aromatic rings. The maximum absolute atomic E-state index is 10.9. The van der Waals surface area contributed by atoms with E-state index in [0.717, 1.165) is 37.7 Å². The summed E-state index contributed by atoms with van der Waals surface area (Å²) in [6.45, 7) is 5.84. The van der Waals surface area contributed by atoms with Crippen molar-refractivity contribution in [1.82, 2.24) is 14.8 Å². The fraction of sp³-hybridized carbons (Fsp3) is 0.636. The molecule has 0 saturated carbocycles. The van der Waals surface area contributed by atoms with Gasteiger partial charge in [-0.3, -0.25) is 14.6 Å². The first-order valence-corrected chi connectivity index (χ1v) is 7.05. The van der Waals surface area contributed by atoms with Crippen molar-refractivity contribution in [3.05, 3.63) is 15.5 Å². The van der Waals surface area contributed by atoms with Crippen LogP contribution in [0.5, 0.6) is 0 Å². The minimum Gasteiger partial charge on any atom is -0.480 e. The van der Waals surface area contributed by atoms with Gasteiger partial charge in [-0.25, -0.2) is 4.98 Å². The van der Waals surface area contributed by atoms with Gasteiger partial charge in [0.25, 0.3) is 0 Å². The summed E-state index contributed by atoms with van der Waals surface area (Å²) in [6, 6.07) is -0.401. The Kier molecular flexibility index (Phi) is 4.55. The average Bonchev–Trinajstić information content (AvgIpc) is 2.75. The number of carboxylic acids is 1. The second kappa shape index (κ2) is 5.97. The summed E-state index contributed by atoms with van der Waals surface area (Å²) in [5.41, 5.74) is 0. The lowest BCUT2D eigenvalue weighted by molar-refractivity contribution is -0.143. The number of carbonyl (C=O) groups is 1. The lowest BCUT2D eigenvalue weighted by Gasteiger charge is -2.36. The second-order valence-electron chi connectivity index (χ2n) is 4.38. The number of aliphatic carboxylic acids is 1. The van der Waals surface area contributed by atoms with Gasteiger partial charge in [-0.15, -0.1) is 11.3 Å². The molecule has 2 rings (SSSR count). The molecule has 1 atom stereocenters. The molecule has 0 spiro atoms. The molecule has 1 aliphatic heterocycles. The fourth-order valence-corrected chi connectivity index (χ4v) is 3.02. The first-order valence-electron chi connectivity index (χ1n) is 5.85. The summed E-state index contributed by atoms with van der Waals surface area (Å²) < 4.78 is 0.711. The maximum atomic E-state index is 10.9. The third kappa shape index (κ3) is 3.41. The largest absolute Gasteiger partial charge is 0.480 e. The first-order chi connectivity index (χ1) is 8.56. The van der Waals surface area contributed by atoms with E-state index in [0.29, 0.717) is 4.34 Å². The molecule has 18 heavy (non-hydrogen) atoms. The quantitative estimate of drug-likeness (QED) is 0.908. The first kappa shape index (κ1) is 13.7. The molecule has 1 aromatic heterocycles. The molecule has 1 fully saturated rings. The van der Waals surface area contributed by atoms with Crippen LogP contribution < -0.4 is 0 Å². The molecule has 100 valence electrons. The van der Waals surface area contributed by atoms with Crippen LogP contribution in [-0.4, -0.2) is 58.1 Å². The number of carboxylic acid groups (broad SMARTS) is 1. The van der Waals surface area contributed by atoms with Crippen molar-refractivity contribution in [3.8, 4) is 0 Å². The molecular formula is C11H16ClN3O2S. The van der Waals surface area contributed by atoms with Gasteiger partial charge in [-0.1, -0.05) is 11.6 Å². The maximum Gasteiger partial charge on any atom is 0.320 e. The Labute approximate surface area is 115 Å². The van der Waals surface area contributed by atoms with E-state index < -0.39 is 12.0 Å². The number of aromatic nitrogens is 1. The van der Waals surface area contributed by atoms with Crippen LogP contribution in [0, 0.1) is 0 Å². The predicted molar refractivity (Wildman–Crippen MR) is 71.1 cm³/mol. The van der Waals surface area contributed by atoms with Crippen molar-refractivity contribution in [2.24, 2.45) is 0 Å². The lowest BCUT2D eigenvalue weighted by Crippen LogP contribution is -2.51. The van der Waals surface area contributed by atoms with E-state index in [1.807, 2.05) is 4.90 Å². The van der Waals surface area contributed by atoms with Crippen LogP contribution in [0.15, 0.2) is 6.20 Å². The number of hydrogen-bond donors (Lipinski definition) is 1. The van der Waals surface area contributed by atoms with Gasteiger partial charge < -0.3 is 5.11 Å². The van der Waals surface area contributed by atoms with Crippen LogP contribution in [0.25, 0.3) is 0 Å². The van der Waals surface area contributed by atoms with Crippen LogP contribution in [0.4, 0.5) is 0 Å². The Bertz CT molecular complexity index is 418. The summed E-state index contributed by atoms with van der Waals surface area (Å²) >= 11 is 7.34. The number of hydrogen-bond acceptors (Lipinski definition) is 5. The van der Waals surface area contributed by atoms with Crippen molar-refractivity contribution in [2.45, 2.75) is 19.5 Å². The number of halogens is 1. The summed E-state index contributed by atoms with van der Waals surface area (Å²) in [4.78, 5) is 19.4. The van der Waals surface area contributed by atoms with Crippen LogP contribution in [0.1, 0.15) is 11.9 Å². The normalized spacial score (nSPS) is 19.9. The number of piperazine rings is 1. The van der Waals surface area contributed by atoms with E-state index in [1.54, 1.807) is 13.1 Å². The van der Waals surface area contributed by atoms with Crippen LogP contribution in [0.2, 0.25) is 4.34 Å². The fourth-order valence-electron chi connectivity index (χ4n) is 2.02. The monoisotopic (exact) mass is 289 g/mol. The Morgan fingerprint density at radius 1 is 1.56 bits per heavy atom. The molecule has 5 nitrogen and oxygen atoms in total. The molecule has 0 aromatic carbocycles. The molecule has 1 unspecified atom stereocenters. The molecule has 0 bridgehead atoms. The van der Waals surface area contributed by atoms with Gasteiger partial charge >= 0.3 is 5.97 Å². The summed E-state index contributed by atoms with van der Waals surface area (Å²) in [5, 5.41) is 9.97. The van der Waals surface area contributed by atoms with Gasteiger partial charge in [0.15, 0.2) is 0 Å². The van der Waals surface area contributed by atoms with Gasteiger partial charge in [-0.2, -0.15) is 0 Å². The van der Waals surface area contributed by atoms with Gasteiger partial charge in [0, 0.05) is 26.2 Å².